The van der Waals surface area contributed by atoms with Crippen LogP contribution in [-0.2, 0) is 22.6 Å². The molecule has 4 aliphatic rings. The summed E-state index contributed by atoms with van der Waals surface area (Å²) in [7, 11) is 0. The largest absolute Gasteiger partial charge is 0.462 e. The Morgan fingerprint density at radius 3 is 2.40 bits per heavy atom. The molecule has 2 aromatic carbocycles. The Labute approximate surface area is 277 Å². The first-order valence-electron chi connectivity index (χ1n) is 16.4. The lowest BCUT2D eigenvalue weighted by molar-refractivity contribution is -0.186. The third-order valence-corrected chi connectivity index (χ3v) is 9.18. The minimum absolute atomic E-state index is 0.0120. The second-order valence-electron chi connectivity index (χ2n) is 12.5. The van der Waals surface area contributed by atoms with Gasteiger partial charge in [0.15, 0.2) is 0 Å². The maximum absolute atomic E-state index is 14.1. The summed E-state index contributed by atoms with van der Waals surface area (Å²) in [6.07, 6.45) is 11.7. The molecule has 9 nitrogen and oxygen atoms in total. The summed E-state index contributed by atoms with van der Waals surface area (Å²) in [6, 6.07) is 16.8. The third kappa shape index (κ3) is 7.51. The van der Waals surface area contributed by atoms with Crippen LogP contribution in [0.3, 0.4) is 0 Å². The number of aryl methyl sites for hydroxylation is 1. The SMILES string of the molecule is C=CC(=C)N1CC(=O)N2[C@@H](CC(C=C)C3=CC3)C(=O)N(CCCCc3ccccc3)C[C@@H]2N1C(=O)NCc1ccc(OC2=CC2)cc1. The van der Waals surface area contributed by atoms with E-state index in [1.165, 1.54) is 17.2 Å². The number of ether oxygens (including phenoxy) is 1. The van der Waals surface area contributed by atoms with Gasteiger partial charge in [-0.3, -0.25) is 14.6 Å². The predicted octanol–water partition coefficient (Wildman–Crippen LogP) is 5.71. The molecule has 3 atom stereocenters. The molecule has 2 aliphatic heterocycles. The van der Waals surface area contributed by atoms with Gasteiger partial charge in [-0.05, 0) is 67.5 Å². The summed E-state index contributed by atoms with van der Waals surface area (Å²) in [5.41, 5.74) is 3.82. The molecular formula is C38H43N5O4. The molecule has 4 amide bonds. The van der Waals surface area contributed by atoms with Crippen molar-refractivity contribution < 1.29 is 19.1 Å². The number of hydrogen-bond acceptors (Lipinski definition) is 5. The van der Waals surface area contributed by atoms with Gasteiger partial charge >= 0.3 is 6.03 Å². The number of nitrogens with zero attached hydrogens (tertiary/aromatic N) is 4. The number of carbonyl (C=O) groups is 3. The predicted molar refractivity (Wildman–Crippen MR) is 181 cm³/mol. The Morgan fingerprint density at radius 1 is 1.00 bits per heavy atom. The van der Waals surface area contributed by atoms with Crippen molar-refractivity contribution in [3.05, 3.63) is 127 Å². The number of nitrogens with one attached hydrogen (secondary N) is 1. The van der Waals surface area contributed by atoms with Gasteiger partial charge in [-0.1, -0.05) is 73.3 Å². The lowest BCUT2D eigenvalue weighted by Gasteiger charge is -2.56. The number of hydrazine groups is 1. The van der Waals surface area contributed by atoms with E-state index in [4.69, 9.17) is 4.74 Å². The lowest BCUT2D eigenvalue weighted by Crippen LogP contribution is -2.76. The summed E-state index contributed by atoms with van der Waals surface area (Å²) in [4.78, 5) is 45.6. The number of unbranched alkanes of at least 4 members (excludes halogenated alkanes) is 1. The highest BCUT2D eigenvalue weighted by molar-refractivity contribution is 5.91. The number of urea groups is 1. The van der Waals surface area contributed by atoms with Crippen molar-refractivity contribution in [3.63, 3.8) is 0 Å². The molecule has 244 valence electrons. The van der Waals surface area contributed by atoms with Crippen LogP contribution in [0.2, 0.25) is 0 Å². The summed E-state index contributed by atoms with van der Waals surface area (Å²) < 4.78 is 5.72. The van der Waals surface area contributed by atoms with Crippen molar-refractivity contribution in [1.82, 2.24) is 25.1 Å². The summed E-state index contributed by atoms with van der Waals surface area (Å²) in [5.74, 6) is 1.40. The van der Waals surface area contributed by atoms with E-state index in [1.54, 1.807) is 14.9 Å². The zero-order chi connectivity index (χ0) is 32.9. The molecule has 1 unspecified atom stereocenters. The number of piperazine rings is 1. The quantitative estimate of drug-likeness (QED) is 0.154. The maximum Gasteiger partial charge on any atom is 0.338 e. The lowest BCUT2D eigenvalue weighted by atomic mass is 9.92. The smallest absolute Gasteiger partial charge is 0.338 e. The molecule has 6 rings (SSSR count). The number of allylic oxidation sites excluding steroid dienone is 6. The number of amides is 4. The van der Waals surface area contributed by atoms with Crippen LogP contribution >= 0.6 is 0 Å². The van der Waals surface area contributed by atoms with Crippen molar-refractivity contribution in [2.75, 3.05) is 19.6 Å². The van der Waals surface area contributed by atoms with Crippen LogP contribution in [0.5, 0.6) is 5.75 Å². The van der Waals surface area contributed by atoms with Gasteiger partial charge in [0.05, 0.1) is 12.2 Å². The fraction of sp³-hybridized carbons (Fsp3) is 0.342. The van der Waals surface area contributed by atoms with Gasteiger partial charge in [0.25, 0.3) is 0 Å². The van der Waals surface area contributed by atoms with Crippen molar-refractivity contribution in [1.29, 1.82) is 0 Å². The molecule has 2 aromatic rings. The fourth-order valence-electron chi connectivity index (χ4n) is 6.39. The number of rotatable bonds is 15. The minimum atomic E-state index is -0.719. The summed E-state index contributed by atoms with van der Waals surface area (Å²) in [6.45, 7) is 12.8. The van der Waals surface area contributed by atoms with Crippen LogP contribution in [0.4, 0.5) is 4.79 Å². The molecule has 9 heteroatoms. The summed E-state index contributed by atoms with van der Waals surface area (Å²) in [5, 5.41) is 6.18. The average molecular weight is 634 g/mol. The highest BCUT2D eigenvalue weighted by Crippen LogP contribution is 2.37. The van der Waals surface area contributed by atoms with Gasteiger partial charge in [-0.25, -0.2) is 9.80 Å². The Bertz CT molecular complexity index is 1600. The van der Waals surface area contributed by atoms with E-state index >= 15 is 0 Å². The zero-order valence-corrected chi connectivity index (χ0v) is 26.9. The number of carbonyl (C=O) groups excluding carboxylic acids is 3. The molecule has 2 saturated heterocycles. The minimum Gasteiger partial charge on any atom is -0.462 e. The highest BCUT2D eigenvalue weighted by atomic mass is 16.5. The molecule has 2 heterocycles. The molecule has 0 spiro atoms. The standard InChI is InChI=1S/C38H43N5O4/c1-4-27(3)41-26-36(44)42-34(23-30(5-2)31-16-17-31)37(45)40(22-10-9-13-28-11-7-6-8-12-28)25-35(42)43(41)38(46)39-24-29-14-18-32(19-15-29)47-33-20-21-33/h4-8,11-12,14-16,18-20,30,34-35H,1-3,9-10,13,17,21-26H2,(H,39,46)/t30?,34-,35-/m0/s1. The first-order chi connectivity index (χ1) is 22.9. The second kappa shape index (κ2) is 14.2. The van der Waals surface area contributed by atoms with Gasteiger partial charge < -0.3 is 19.9 Å². The van der Waals surface area contributed by atoms with Crippen LogP contribution in [0.1, 0.15) is 43.2 Å². The van der Waals surface area contributed by atoms with E-state index < -0.39 is 12.2 Å². The molecule has 47 heavy (non-hydrogen) atoms. The Balaban J connectivity index is 1.22. The number of benzene rings is 2. The average Bonchev–Trinajstić information content (AvgIpc) is 4.03. The molecule has 2 fully saturated rings. The Morgan fingerprint density at radius 2 is 1.74 bits per heavy atom. The highest BCUT2D eigenvalue weighted by Gasteiger charge is 2.52. The van der Waals surface area contributed by atoms with Crippen molar-refractivity contribution in [3.8, 4) is 5.75 Å². The molecular weight excluding hydrogens is 590 g/mol. The first kappa shape index (κ1) is 31.9. The number of hydrogen-bond donors (Lipinski definition) is 1. The normalized spacial score (nSPS) is 20.5. The van der Waals surface area contributed by atoms with Gasteiger partial charge in [0.2, 0.25) is 11.8 Å². The molecule has 0 aromatic heterocycles. The monoisotopic (exact) mass is 633 g/mol. The van der Waals surface area contributed by atoms with Crippen molar-refractivity contribution in [2.45, 2.75) is 57.3 Å². The van der Waals surface area contributed by atoms with E-state index in [-0.39, 0.29) is 43.4 Å². The van der Waals surface area contributed by atoms with E-state index in [2.05, 4.69) is 43.3 Å². The van der Waals surface area contributed by atoms with Gasteiger partial charge in [-0.2, -0.15) is 0 Å². The topological polar surface area (TPSA) is 85.4 Å². The van der Waals surface area contributed by atoms with Crippen molar-refractivity contribution in [2.24, 2.45) is 5.92 Å². The van der Waals surface area contributed by atoms with Gasteiger partial charge in [0.1, 0.15) is 30.3 Å². The van der Waals surface area contributed by atoms with Crippen molar-refractivity contribution >= 4 is 17.8 Å². The zero-order valence-electron chi connectivity index (χ0n) is 26.9. The van der Waals surface area contributed by atoms with E-state index in [0.717, 1.165) is 49.2 Å². The molecule has 0 saturated carbocycles. The second-order valence-corrected chi connectivity index (χ2v) is 12.5. The van der Waals surface area contributed by atoms with Crippen LogP contribution in [-0.4, -0.2) is 69.5 Å². The fourth-order valence-corrected chi connectivity index (χ4v) is 6.39. The third-order valence-electron chi connectivity index (χ3n) is 9.18. The Kier molecular flexibility index (Phi) is 9.61. The molecule has 0 radical (unpaired) electrons. The van der Waals surface area contributed by atoms with Crippen LogP contribution < -0.4 is 10.1 Å². The van der Waals surface area contributed by atoms with E-state index in [0.29, 0.717) is 18.7 Å². The van der Waals surface area contributed by atoms with Crippen LogP contribution in [0.15, 0.2) is 116 Å². The summed E-state index contributed by atoms with van der Waals surface area (Å²) >= 11 is 0. The van der Waals surface area contributed by atoms with E-state index in [1.807, 2.05) is 59.5 Å². The first-order valence-corrected chi connectivity index (χ1v) is 16.4. The Hall–Kier alpha value is -5.05. The molecule has 0 bridgehead atoms. The van der Waals surface area contributed by atoms with Gasteiger partial charge in [-0.15, -0.1) is 6.58 Å². The van der Waals surface area contributed by atoms with Crippen LogP contribution in [0.25, 0.3) is 0 Å². The molecule has 2 aliphatic carbocycles. The molecule has 1 N–H and O–H groups in total. The number of fused-ring (bicyclic) bond motifs is 1. The van der Waals surface area contributed by atoms with Gasteiger partial charge in [0, 0.05) is 25.4 Å². The maximum atomic E-state index is 14.1. The van der Waals surface area contributed by atoms with Crippen LogP contribution in [0, 0.1) is 5.92 Å². The van der Waals surface area contributed by atoms with E-state index in [9.17, 15) is 14.4 Å².